The van der Waals surface area contributed by atoms with E-state index in [-0.39, 0.29) is 0 Å². The molecule has 3 rings (SSSR count). The van der Waals surface area contributed by atoms with Gasteiger partial charge in [0.15, 0.2) is 0 Å². The van der Waals surface area contributed by atoms with Gasteiger partial charge in [-0.25, -0.2) is 4.98 Å². The predicted octanol–water partition coefficient (Wildman–Crippen LogP) is 3.73. The summed E-state index contributed by atoms with van der Waals surface area (Å²) in [6.07, 6.45) is 5.29. The van der Waals surface area contributed by atoms with Crippen molar-refractivity contribution in [2.75, 3.05) is 18.5 Å². The first-order chi connectivity index (χ1) is 9.78. The molecule has 2 aromatic rings. The smallest absolute Gasteiger partial charge is 0.147 e. The minimum Gasteiger partial charge on any atom is -0.358 e. The topological polar surface area (TPSA) is 39.9 Å². The number of anilines is 1. The van der Waals surface area contributed by atoms with Gasteiger partial charge < -0.3 is 4.90 Å². The molecule has 1 aliphatic carbocycles. The summed E-state index contributed by atoms with van der Waals surface area (Å²) < 4.78 is 0. The molecule has 0 amide bonds. The highest BCUT2D eigenvalue weighted by Gasteiger charge is 2.19. The zero-order valence-electron chi connectivity index (χ0n) is 11.8. The Bertz CT molecular complexity index is 651. The molecule has 1 aromatic carbocycles. The van der Waals surface area contributed by atoms with Crippen molar-refractivity contribution in [1.29, 1.82) is 5.26 Å². The zero-order chi connectivity index (χ0) is 13.9. The van der Waals surface area contributed by atoms with Crippen LogP contribution in [0, 0.1) is 17.2 Å². The number of fused-ring (bicyclic) bond motifs is 1. The lowest BCUT2D eigenvalue weighted by Crippen LogP contribution is -2.25. The summed E-state index contributed by atoms with van der Waals surface area (Å²) >= 11 is 0. The molecule has 3 heteroatoms. The quantitative estimate of drug-likeness (QED) is 0.849. The standard InChI is InChI=1S/C17H19N3/c1-20(12-13-6-2-3-7-13)17-15(11-18)10-14-8-4-5-9-16(14)19-17/h4-5,8-10,13H,2-3,6-7,12H2,1H3. The average Bonchev–Trinajstić information content (AvgIpc) is 2.98. The number of hydrogen-bond donors (Lipinski definition) is 0. The van der Waals surface area contributed by atoms with Crippen molar-refractivity contribution >= 4 is 16.7 Å². The highest BCUT2D eigenvalue weighted by molar-refractivity contribution is 5.83. The minimum absolute atomic E-state index is 0.671. The SMILES string of the molecule is CN(CC1CCCC1)c1nc2ccccc2cc1C#N. The van der Waals surface area contributed by atoms with Crippen molar-refractivity contribution in [2.24, 2.45) is 5.92 Å². The molecule has 0 atom stereocenters. The van der Waals surface area contributed by atoms with Gasteiger partial charge in [-0.1, -0.05) is 31.0 Å². The summed E-state index contributed by atoms with van der Waals surface area (Å²) in [7, 11) is 2.05. The largest absolute Gasteiger partial charge is 0.358 e. The van der Waals surface area contributed by atoms with Crippen LogP contribution in [0.15, 0.2) is 30.3 Å². The molecule has 102 valence electrons. The lowest BCUT2D eigenvalue weighted by molar-refractivity contribution is 0.545. The maximum Gasteiger partial charge on any atom is 0.147 e. The summed E-state index contributed by atoms with van der Waals surface area (Å²) in [5, 5.41) is 10.4. The number of aromatic nitrogens is 1. The Morgan fingerprint density at radius 1 is 1.30 bits per heavy atom. The second-order valence-electron chi connectivity index (χ2n) is 5.70. The predicted molar refractivity (Wildman–Crippen MR) is 81.7 cm³/mol. The van der Waals surface area contributed by atoms with Crippen LogP contribution in [0.1, 0.15) is 31.2 Å². The van der Waals surface area contributed by atoms with E-state index in [1.807, 2.05) is 30.3 Å². The Morgan fingerprint density at radius 3 is 2.80 bits per heavy atom. The molecule has 0 unspecified atom stereocenters. The third kappa shape index (κ3) is 2.46. The number of benzene rings is 1. The van der Waals surface area contributed by atoms with Crippen molar-refractivity contribution < 1.29 is 0 Å². The number of para-hydroxylation sites is 1. The molecule has 20 heavy (non-hydrogen) atoms. The normalized spacial score (nSPS) is 15.4. The molecule has 0 radical (unpaired) electrons. The van der Waals surface area contributed by atoms with Crippen LogP contribution >= 0.6 is 0 Å². The molecular weight excluding hydrogens is 246 g/mol. The van der Waals surface area contributed by atoms with E-state index in [4.69, 9.17) is 4.98 Å². The first-order valence-electron chi connectivity index (χ1n) is 7.29. The summed E-state index contributed by atoms with van der Waals surface area (Å²) in [5.41, 5.74) is 1.63. The van der Waals surface area contributed by atoms with Crippen LogP contribution in [-0.2, 0) is 0 Å². The molecule has 0 N–H and O–H groups in total. The number of pyridine rings is 1. The van der Waals surface area contributed by atoms with Gasteiger partial charge in [0.25, 0.3) is 0 Å². The maximum atomic E-state index is 9.37. The second kappa shape index (κ2) is 5.50. The monoisotopic (exact) mass is 265 g/mol. The highest BCUT2D eigenvalue weighted by atomic mass is 15.2. The fraction of sp³-hybridized carbons (Fsp3) is 0.412. The molecule has 1 saturated carbocycles. The first-order valence-corrected chi connectivity index (χ1v) is 7.29. The number of nitrogens with zero attached hydrogens (tertiary/aromatic N) is 3. The van der Waals surface area contributed by atoms with Crippen LogP contribution in [0.25, 0.3) is 10.9 Å². The van der Waals surface area contributed by atoms with Gasteiger partial charge in [0.1, 0.15) is 11.9 Å². The molecule has 1 fully saturated rings. The summed E-state index contributed by atoms with van der Waals surface area (Å²) in [4.78, 5) is 6.85. The first kappa shape index (κ1) is 12.9. The van der Waals surface area contributed by atoms with Gasteiger partial charge in [-0.3, -0.25) is 0 Å². The van der Waals surface area contributed by atoms with Crippen LogP contribution in [-0.4, -0.2) is 18.6 Å². The van der Waals surface area contributed by atoms with Gasteiger partial charge in [0, 0.05) is 19.0 Å². The summed E-state index contributed by atoms with van der Waals surface area (Å²) in [5.74, 6) is 1.57. The van der Waals surface area contributed by atoms with Gasteiger partial charge in [-0.15, -0.1) is 0 Å². The Kier molecular flexibility index (Phi) is 3.56. The summed E-state index contributed by atoms with van der Waals surface area (Å²) in [6.45, 7) is 1.00. The Hall–Kier alpha value is -2.08. The Morgan fingerprint density at radius 2 is 2.05 bits per heavy atom. The molecule has 0 aliphatic heterocycles. The lowest BCUT2D eigenvalue weighted by Gasteiger charge is -2.23. The Balaban J connectivity index is 1.94. The molecule has 1 aliphatic rings. The maximum absolute atomic E-state index is 9.37. The summed E-state index contributed by atoms with van der Waals surface area (Å²) in [6, 6.07) is 12.2. The van der Waals surface area contributed by atoms with Gasteiger partial charge >= 0.3 is 0 Å². The van der Waals surface area contributed by atoms with Gasteiger partial charge in [-0.05, 0) is 30.9 Å². The van der Waals surface area contributed by atoms with Crippen molar-refractivity contribution in [3.63, 3.8) is 0 Å². The van der Waals surface area contributed by atoms with Gasteiger partial charge in [-0.2, -0.15) is 5.26 Å². The number of hydrogen-bond acceptors (Lipinski definition) is 3. The van der Waals surface area contributed by atoms with Crippen molar-refractivity contribution in [1.82, 2.24) is 4.98 Å². The van der Waals surface area contributed by atoms with E-state index in [2.05, 4.69) is 18.0 Å². The van der Waals surface area contributed by atoms with E-state index >= 15 is 0 Å². The fourth-order valence-electron chi connectivity index (χ4n) is 3.15. The van der Waals surface area contributed by atoms with Crippen molar-refractivity contribution in [3.8, 4) is 6.07 Å². The number of nitriles is 1. The second-order valence-corrected chi connectivity index (χ2v) is 5.70. The zero-order valence-corrected chi connectivity index (χ0v) is 11.8. The van der Waals surface area contributed by atoms with Crippen LogP contribution in [0.4, 0.5) is 5.82 Å². The lowest BCUT2D eigenvalue weighted by atomic mass is 10.1. The van der Waals surface area contributed by atoms with Crippen LogP contribution in [0.3, 0.4) is 0 Å². The molecule has 1 heterocycles. The van der Waals surface area contributed by atoms with E-state index in [0.29, 0.717) is 5.56 Å². The molecule has 1 aromatic heterocycles. The highest BCUT2D eigenvalue weighted by Crippen LogP contribution is 2.28. The van der Waals surface area contributed by atoms with E-state index in [1.54, 1.807) is 0 Å². The fourth-order valence-corrected chi connectivity index (χ4v) is 3.15. The minimum atomic E-state index is 0.671. The van der Waals surface area contributed by atoms with Crippen molar-refractivity contribution in [3.05, 3.63) is 35.9 Å². The van der Waals surface area contributed by atoms with Gasteiger partial charge in [0.2, 0.25) is 0 Å². The third-order valence-corrected chi connectivity index (χ3v) is 4.19. The third-order valence-electron chi connectivity index (χ3n) is 4.19. The molecule has 0 bridgehead atoms. The van der Waals surface area contributed by atoms with E-state index in [0.717, 1.165) is 29.2 Å². The van der Waals surface area contributed by atoms with Crippen LogP contribution in [0.5, 0.6) is 0 Å². The van der Waals surface area contributed by atoms with E-state index in [1.165, 1.54) is 25.7 Å². The molecule has 0 spiro atoms. The average molecular weight is 265 g/mol. The van der Waals surface area contributed by atoms with Gasteiger partial charge in [0.05, 0.1) is 11.1 Å². The van der Waals surface area contributed by atoms with E-state index in [9.17, 15) is 5.26 Å². The molecule has 3 nitrogen and oxygen atoms in total. The number of rotatable bonds is 3. The van der Waals surface area contributed by atoms with Crippen molar-refractivity contribution in [2.45, 2.75) is 25.7 Å². The van der Waals surface area contributed by atoms with Crippen LogP contribution in [0.2, 0.25) is 0 Å². The van der Waals surface area contributed by atoms with E-state index < -0.39 is 0 Å². The van der Waals surface area contributed by atoms with Crippen LogP contribution < -0.4 is 4.90 Å². The molecular formula is C17H19N3. The molecule has 0 saturated heterocycles. The Labute approximate surface area is 119 Å².